The summed E-state index contributed by atoms with van der Waals surface area (Å²) in [6, 6.07) is 1.66. The molecule has 0 amide bonds. The van der Waals surface area contributed by atoms with Crippen LogP contribution in [0.3, 0.4) is 0 Å². The summed E-state index contributed by atoms with van der Waals surface area (Å²) in [5.41, 5.74) is 0.278. The fourth-order valence-corrected chi connectivity index (χ4v) is 6.94. The van der Waals surface area contributed by atoms with E-state index in [1.807, 2.05) is 0 Å². The van der Waals surface area contributed by atoms with Gasteiger partial charge in [0.1, 0.15) is 0 Å². The lowest BCUT2D eigenvalue weighted by Gasteiger charge is -2.30. The van der Waals surface area contributed by atoms with Crippen LogP contribution >= 0.6 is 0 Å². The summed E-state index contributed by atoms with van der Waals surface area (Å²) in [4.78, 5) is 0. The van der Waals surface area contributed by atoms with E-state index in [1.54, 1.807) is 42.7 Å². The van der Waals surface area contributed by atoms with Crippen LogP contribution in [0.25, 0.3) is 0 Å². The van der Waals surface area contributed by atoms with Crippen LogP contribution in [-0.2, 0) is 26.6 Å². The Balaban J connectivity index is 4.79. The van der Waals surface area contributed by atoms with Crippen molar-refractivity contribution in [3.8, 4) is 0 Å². The zero-order valence-electron chi connectivity index (χ0n) is 17.8. The van der Waals surface area contributed by atoms with Crippen LogP contribution in [0.4, 0.5) is 0 Å². The summed E-state index contributed by atoms with van der Waals surface area (Å²) in [7, 11) is 5.02. The third-order valence-electron chi connectivity index (χ3n) is 4.72. The monoisotopic (exact) mass is 396 g/mol. The Morgan fingerprint density at radius 3 is 1.40 bits per heavy atom. The van der Waals surface area contributed by atoms with Gasteiger partial charge in [0, 0.05) is 54.7 Å². The lowest BCUT2D eigenvalue weighted by atomic mass is 9.81. The van der Waals surface area contributed by atoms with Gasteiger partial charge in [0.2, 0.25) is 0 Å². The Hall–Kier alpha value is 0.194. The van der Waals surface area contributed by atoms with Crippen molar-refractivity contribution < 1.29 is 26.6 Å². The van der Waals surface area contributed by atoms with Crippen LogP contribution < -0.4 is 0 Å². The molecule has 0 aliphatic carbocycles. The summed E-state index contributed by atoms with van der Waals surface area (Å²) in [5, 5.41) is 0. The summed E-state index contributed by atoms with van der Waals surface area (Å²) >= 11 is 0. The van der Waals surface area contributed by atoms with Gasteiger partial charge in [-0.05, 0) is 30.6 Å². The van der Waals surface area contributed by atoms with Gasteiger partial charge in [0.25, 0.3) is 0 Å². The molecule has 6 nitrogen and oxygen atoms in total. The Morgan fingerprint density at radius 2 is 1.04 bits per heavy atom. The Labute approximate surface area is 157 Å². The molecular formula is C17H40O6Si2. The number of hydrogen-bond donors (Lipinski definition) is 0. The summed E-state index contributed by atoms with van der Waals surface area (Å²) < 4.78 is 33.3. The molecule has 0 radical (unpaired) electrons. The second-order valence-electron chi connectivity index (χ2n) is 7.65. The van der Waals surface area contributed by atoms with Crippen molar-refractivity contribution in [2.45, 2.75) is 58.5 Å². The molecule has 0 rings (SSSR count). The molecule has 0 saturated carbocycles. The maximum absolute atomic E-state index is 5.57. The largest absolute Gasteiger partial charge is 0.500 e. The van der Waals surface area contributed by atoms with Gasteiger partial charge >= 0.3 is 17.6 Å². The molecule has 0 N–H and O–H groups in total. The molecule has 0 saturated heterocycles. The molecule has 0 aromatic carbocycles. The highest BCUT2D eigenvalue weighted by Crippen LogP contribution is 2.33. The minimum atomic E-state index is -2.52. The van der Waals surface area contributed by atoms with Crippen LogP contribution in [0.1, 0.15) is 46.5 Å². The SMILES string of the molecule is CO[Si](CCCC(CC[Si](OC)(OC)OC)CC(C)(C)C)(OC)OC. The van der Waals surface area contributed by atoms with E-state index in [2.05, 4.69) is 20.8 Å². The van der Waals surface area contributed by atoms with E-state index in [9.17, 15) is 0 Å². The third-order valence-corrected chi connectivity index (χ3v) is 10.3. The highest BCUT2D eigenvalue weighted by atomic mass is 28.4. The standard InChI is InChI=1S/C17H40O6Si2/c1-17(2,3)15-16(12-14-25(21-7,22-8)23-9)11-10-13-24(18-4,19-5)20-6/h16H,10-15H2,1-9H3. The summed E-state index contributed by atoms with van der Waals surface area (Å²) in [5.74, 6) is 0.574. The Morgan fingerprint density at radius 1 is 0.640 bits per heavy atom. The zero-order valence-corrected chi connectivity index (χ0v) is 19.8. The minimum absolute atomic E-state index is 0.278. The van der Waals surface area contributed by atoms with Gasteiger partial charge in [-0.25, -0.2) is 0 Å². The Kier molecular flexibility index (Phi) is 11.9. The van der Waals surface area contributed by atoms with Crippen molar-refractivity contribution >= 4 is 17.6 Å². The molecule has 1 atom stereocenters. The molecule has 25 heavy (non-hydrogen) atoms. The highest BCUT2D eigenvalue weighted by Gasteiger charge is 2.39. The maximum atomic E-state index is 5.57. The second kappa shape index (κ2) is 11.8. The smallest absolute Gasteiger partial charge is 0.377 e. The molecule has 0 fully saturated rings. The van der Waals surface area contributed by atoms with E-state index in [1.165, 1.54) is 0 Å². The van der Waals surface area contributed by atoms with Crippen molar-refractivity contribution in [2.75, 3.05) is 42.7 Å². The van der Waals surface area contributed by atoms with Crippen LogP contribution in [-0.4, -0.2) is 60.3 Å². The quantitative estimate of drug-likeness (QED) is 0.414. The van der Waals surface area contributed by atoms with Crippen LogP contribution in [0.15, 0.2) is 0 Å². The van der Waals surface area contributed by atoms with E-state index in [-0.39, 0.29) is 5.41 Å². The van der Waals surface area contributed by atoms with Crippen molar-refractivity contribution in [2.24, 2.45) is 11.3 Å². The molecule has 0 aromatic rings. The molecule has 0 aliphatic heterocycles. The van der Waals surface area contributed by atoms with E-state index >= 15 is 0 Å². The fourth-order valence-electron chi connectivity index (χ4n) is 3.32. The normalized spacial score (nSPS) is 14.8. The molecule has 0 spiro atoms. The molecule has 0 aromatic heterocycles. The first-order valence-electron chi connectivity index (χ1n) is 8.96. The average molecular weight is 397 g/mol. The molecule has 1 unspecified atom stereocenters. The second-order valence-corrected chi connectivity index (χ2v) is 13.8. The van der Waals surface area contributed by atoms with Crippen LogP contribution in [0, 0.1) is 11.3 Å². The number of hydrogen-bond acceptors (Lipinski definition) is 6. The average Bonchev–Trinajstić information content (AvgIpc) is 2.59. The van der Waals surface area contributed by atoms with Gasteiger partial charge in [-0.3, -0.25) is 0 Å². The molecule has 8 heteroatoms. The first-order valence-corrected chi connectivity index (χ1v) is 12.8. The first-order chi connectivity index (χ1) is 11.6. The number of rotatable bonds is 14. The maximum Gasteiger partial charge on any atom is 0.500 e. The fraction of sp³-hybridized carbons (Fsp3) is 1.00. The van der Waals surface area contributed by atoms with E-state index in [0.717, 1.165) is 37.8 Å². The minimum Gasteiger partial charge on any atom is -0.377 e. The van der Waals surface area contributed by atoms with Crippen molar-refractivity contribution in [3.05, 3.63) is 0 Å². The molecule has 0 bridgehead atoms. The zero-order chi connectivity index (χ0) is 19.6. The van der Waals surface area contributed by atoms with Crippen molar-refractivity contribution in [1.29, 1.82) is 0 Å². The summed E-state index contributed by atoms with van der Waals surface area (Å²) in [6.07, 6.45) is 4.30. The lowest BCUT2D eigenvalue weighted by Crippen LogP contribution is -2.43. The van der Waals surface area contributed by atoms with Gasteiger partial charge < -0.3 is 26.6 Å². The van der Waals surface area contributed by atoms with Crippen molar-refractivity contribution in [1.82, 2.24) is 0 Å². The molecule has 0 aliphatic rings. The van der Waals surface area contributed by atoms with E-state index in [0.29, 0.717) is 5.92 Å². The third kappa shape index (κ3) is 9.10. The van der Waals surface area contributed by atoms with E-state index < -0.39 is 17.6 Å². The first kappa shape index (κ1) is 25.2. The summed E-state index contributed by atoms with van der Waals surface area (Å²) in [6.45, 7) is 6.85. The lowest BCUT2D eigenvalue weighted by molar-refractivity contribution is 0.117. The van der Waals surface area contributed by atoms with Gasteiger partial charge in [0.05, 0.1) is 0 Å². The molecule has 0 heterocycles. The molecule has 152 valence electrons. The van der Waals surface area contributed by atoms with E-state index in [4.69, 9.17) is 26.6 Å². The van der Waals surface area contributed by atoms with Gasteiger partial charge in [-0.2, -0.15) is 0 Å². The van der Waals surface area contributed by atoms with Gasteiger partial charge in [-0.15, -0.1) is 0 Å². The van der Waals surface area contributed by atoms with Crippen LogP contribution in [0.5, 0.6) is 0 Å². The molecular weight excluding hydrogens is 356 g/mol. The highest BCUT2D eigenvalue weighted by molar-refractivity contribution is 6.60. The van der Waals surface area contributed by atoms with Crippen molar-refractivity contribution in [3.63, 3.8) is 0 Å². The predicted molar refractivity (Wildman–Crippen MR) is 105 cm³/mol. The van der Waals surface area contributed by atoms with Gasteiger partial charge in [0.15, 0.2) is 0 Å². The Bertz CT molecular complexity index is 324. The predicted octanol–water partition coefficient (Wildman–Crippen LogP) is 3.97. The van der Waals surface area contributed by atoms with Gasteiger partial charge in [-0.1, -0.05) is 27.2 Å². The van der Waals surface area contributed by atoms with Crippen LogP contribution in [0.2, 0.25) is 12.1 Å². The topological polar surface area (TPSA) is 55.4 Å².